The van der Waals surface area contributed by atoms with Gasteiger partial charge in [-0.15, -0.1) is 11.3 Å². The Bertz CT molecular complexity index is 1440. The zero-order valence-electron chi connectivity index (χ0n) is 17.6. The van der Waals surface area contributed by atoms with Crippen LogP contribution in [0.5, 0.6) is 0 Å². The summed E-state index contributed by atoms with van der Waals surface area (Å²) in [5.41, 5.74) is 0.698. The number of thiophene rings is 1. The highest BCUT2D eigenvalue weighted by Gasteiger charge is 2.42. The highest BCUT2D eigenvalue weighted by Crippen LogP contribution is 2.35. The molecule has 1 unspecified atom stereocenters. The van der Waals surface area contributed by atoms with Gasteiger partial charge in [0.1, 0.15) is 21.6 Å². The Morgan fingerprint density at radius 3 is 2.74 bits per heavy atom. The molecule has 0 aliphatic carbocycles. The molecule has 1 aliphatic heterocycles. The molecule has 0 N–H and O–H groups in total. The van der Waals surface area contributed by atoms with Gasteiger partial charge in [-0.1, -0.05) is 17.4 Å². The quantitative estimate of drug-likeness (QED) is 0.376. The highest BCUT2D eigenvalue weighted by atomic mass is 32.2. The van der Waals surface area contributed by atoms with Gasteiger partial charge in [0.15, 0.2) is 10.9 Å². The first-order chi connectivity index (χ1) is 16.3. The topological polar surface area (TPSA) is 83.5 Å². The zero-order valence-corrected chi connectivity index (χ0v) is 20.0. The molecule has 0 bridgehead atoms. The van der Waals surface area contributed by atoms with Gasteiger partial charge < -0.3 is 0 Å². The molecule has 1 aliphatic rings. The average molecular weight is 521 g/mol. The molecule has 4 aromatic rings. The van der Waals surface area contributed by atoms with Gasteiger partial charge in [-0.3, -0.25) is 14.7 Å². The van der Waals surface area contributed by atoms with Crippen molar-refractivity contribution in [2.75, 3.05) is 11.4 Å². The van der Waals surface area contributed by atoms with Crippen LogP contribution in [0.1, 0.15) is 18.4 Å². The monoisotopic (exact) mass is 520 g/mol. The number of carbonyl (C=O) groups excluding carboxylic acids is 1. The van der Waals surface area contributed by atoms with Gasteiger partial charge in [0.2, 0.25) is 5.91 Å². The van der Waals surface area contributed by atoms with Crippen LogP contribution in [0.25, 0.3) is 10.2 Å². The Labute approximate surface area is 202 Å². The van der Waals surface area contributed by atoms with E-state index in [1.54, 1.807) is 36.0 Å². The predicted molar refractivity (Wildman–Crippen MR) is 126 cm³/mol. The molecule has 176 valence electrons. The summed E-state index contributed by atoms with van der Waals surface area (Å²) in [5, 5.41) is 1.84. The van der Waals surface area contributed by atoms with Gasteiger partial charge in [0.05, 0.1) is 11.2 Å². The first kappa shape index (κ1) is 23.0. The summed E-state index contributed by atoms with van der Waals surface area (Å²) in [5.74, 6) is -2.03. The van der Waals surface area contributed by atoms with Crippen LogP contribution < -0.4 is 4.90 Å². The number of hydrogen-bond donors (Lipinski definition) is 0. The van der Waals surface area contributed by atoms with E-state index >= 15 is 0 Å². The van der Waals surface area contributed by atoms with E-state index in [4.69, 9.17) is 0 Å². The summed E-state index contributed by atoms with van der Waals surface area (Å²) in [4.78, 5) is 23.4. The molecule has 1 amide bonds. The predicted octanol–water partition coefficient (Wildman–Crippen LogP) is 4.42. The molecule has 0 radical (unpaired) electrons. The lowest BCUT2D eigenvalue weighted by Gasteiger charge is -2.28. The standard InChI is InChI=1S/C22H18F2N4O3S3/c23-15-11-16(24)20-18(12-15)33-22(26-20)27(13-14-5-7-25-8-6-14)21(29)17-3-1-9-28(17)34(30,31)19-4-2-10-32-19/h2,4-8,10-12,17H,1,3,9,13H2. The van der Waals surface area contributed by atoms with Crippen molar-refractivity contribution in [3.8, 4) is 0 Å². The Kier molecular flexibility index (Phi) is 6.15. The Hall–Kier alpha value is -2.80. The lowest BCUT2D eigenvalue weighted by molar-refractivity contribution is -0.121. The lowest BCUT2D eigenvalue weighted by atomic mass is 10.2. The molecule has 5 rings (SSSR count). The zero-order chi connectivity index (χ0) is 23.9. The van der Waals surface area contributed by atoms with Crippen molar-refractivity contribution >= 4 is 54.0 Å². The molecule has 1 saturated heterocycles. The minimum Gasteiger partial charge on any atom is -0.282 e. The number of pyridine rings is 1. The van der Waals surface area contributed by atoms with Crippen LogP contribution in [0.3, 0.4) is 0 Å². The normalized spacial score (nSPS) is 16.8. The molecule has 4 heterocycles. The maximum absolute atomic E-state index is 14.3. The van der Waals surface area contributed by atoms with E-state index in [1.165, 1.54) is 15.3 Å². The molecular formula is C22H18F2N4O3S3. The summed E-state index contributed by atoms with van der Waals surface area (Å²) in [6.07, 6.45) is 4.04. The number of hydrogen-bond acceptors (Lipinski definition) is 7. The number of benzene rings is 1. The molecule has 0 saturated carbocycles. The van der Waals surface area contributed by atoms with Crippen LogP contribution in [0, 0.1) is 11.6 Å². The van der Waals surface area contributed by atoms with E-state index < -0.39 is 33.6 Å². The van der Waals surface area contributed by atoms with Crippen LogP contribution >= 0.6 is 22.7 Å². The largest absolute Gasteiger partial charge is 0.282 e. The second-order valence-corrected chi connectivity index (χ2v) is 11.8. The van der Waals surface area contributed by atoms with Crippen LogP contribution in [0.4, 0.5) is 13.9 Å². The van der Waals surface area contributed by atoms with Crippen molar-refractivity contribution in [3.05, 3.63) is 71.4 Å². The Morgan fingerprint density at radius 1 is 1.21 bits per heavy atom. The number of fused-ring (bicyclic) bond motifs is 1. The summed E-state index contributed by atoms with van der Waals surface area (Å²) in [6, 6.07) is 7.59. The summed E-state index contributed by atoms with van der Waals surface area (Å²) < 4.78 is 56.2. The van der Waals surface area contributed by atoms with Gasteiger partial charge in [0, 0.05) is 25.0 Å². The van der Waals surface area contributed by atoms with Crippen molar-refractivity contribution in [2.24, 2.45) is 0 Å². The number of halogens is 2. The molecule has 0 spiro atoms. The van der Waals surface area contributed by atoms with E-state index in [0.29, 0.717) is 12.8 Å². The number of sulfonamides is 1. The number of anilines is 1. The smallest absolute Gasteiger partial charge is 0.253 e. The maximum atomic E-state index is 14.3. The SMILES string of the molecule is O=C(C1CCCN1S(=O)(=O)c1cccs1)N(Cc1ccncc1)c1nc2c(F)cc(F)cc2s1. The minimum atomic E-state index is -3.85. The molecule has 12 heteroatoms. The molecule has 1 aromatic carbocycles. The summed E-state index contributed by atoms with van der Waals surface area (Å²) in [7, 11) is -3.85. The Balaban J connectivity index is 1.55. The van der Waals surface area contributed by atoms with Gasteiger partial charge in [0.25, 0.3) is 10.0 Å². The number of aromatic nitrogens is 2. The van der Waals surface area contributed by atoms with Crippen LogP contribution in [-0.4, -0.2) is 41.2 Å². The fourth-order valence-electron chi connectivity index (χ4n) is 3.95. The van der Waals surface area contributed by atoms with Gasteiger partial charge in [-0.2, -0.15) is 4.31 Å². The van der Waals surface area contributed by atoms with Crippen molar-refractivity contribution in [1.29, 1.82) is 0 Å². The van der Waals surface area contributed by atoms with E-state index in [9.17, 15) is 22.0 Å². The van der Waals surface area contributed by atoms with Crippen LogP contribution in [-0.2, 0) is 21.4 Å². The first-order valence-electron chi connectivity index (χ1n) is 10.4. The highest BCUT2D eigenvalue weighted by molar-refractivity contribution is 7.91. The van der Waals surface area contributed by atoms with Crippen molar-refractivity contribution < 1.29 is 22.0 Å². The van der Waals surface area contributed by atoms with Crippen molar-refractivity contribution in [3.63, 3.8) is 0 Å². The molecule has 3 aromatic heterocycles. The fraction of sp³-hybridized carbons (Fsp3) is 0.227. The Morgan fingerprint density at radius 2 is 2.00 bits per heavy atom. The fourth-order valence-corrected chi connectivity index (χ4v) is 7.73. The third kappa shape index (κ3) is 4.22. The summed E-state index contributed by atoms with van der Waals surface area (Å²) in [6.45, 7) is 0.300. The van der Waals surface area contributed by atoms with Gasteiger partial charge >= 0.3 is 0 Å². The third-order valence-corrected chi connectivity index (χ3v) is 9.84. The first-order valence-corrected chi connectivity index (χ1v) is 13.5. The third-order valence-electron chi connectivity index (χ3n) is 5.54. The number of thiazole rings is 1. The van der Waals surface area contributed by atoms with Crippen molar-refractivity contribution in [1.82, 2.24) is 14.3 Å². The van der Waals surface area contributed by atoms with Crippen LogP contribution in [0.2, 0.25) is 0 Å². The summed E-state index contributed by atoms with van der Waals surface area (Å²) >= 11 is 2.07. The van der Waals surface area contributed by atoms with Gasteiger partial charge in [-0.25, -0.2) is 22.2 Å². The second kappa shape index (κ2) is 9.10. The second-order valence-electron chi connectivity index (χ2n) is 7.72. The maximum Gasteiger partial charge on any atom is 0.253 e. The van der Waals surface area contributed by atoms with E-state index in [2.05, 4.69) is 9.97 Å². The molecule has 7 nitrogen and oxygen atoms in total. The molecular weight excluding hydrogens is 502 g/mol. The van der Waals surface area contributed by atoms with E-state index in [-0.39, 0.29) is 32.6 Å². The molecule has 34 heavy (non-hydrogen) atoms. The van der Waals surface area contributed by atoms with Crippen molar-refractivity contribution in [2.45, 2.75) is 29.6 Å². The average Bonchev–Trinajstić information content (AvgIpc) is 3.58. The molecule has 1 atom stereocenters. The van der Waals surface area contributed by atoms with Crippen LogP contribution in [0.15, 0.2) is 58.4 Å². The lowest BCUT2D eigenvalue weighted by Crippen LogP contribution is -2.47. The number of rotatable bonds is 6. The minimum absolute atomic E-state index is 0.0385. The number of amides is 1. The van der Waals surface area contributed by atoms with E-state index in [1.807, 2.05) is 0 Å². The molecule has 1 fully saturated rings. The van der Waals surface area contributed by atoms with E-state index in [0.717, 1.165) is 40.4 Å². The number of nitrogens with zero attached hydrogens (tertiary/aromatic N) is 4. The van der Waals surface area contributed by atoms with Gasteiger partial charge in [-0.05, 0) is 48.1 Å². The number of carbonyl (C=O) groups is 1.